The number of rotatable bonds is 0. The van der Waals surface area contributed by atoms with Crippen molar-refractivity contribution >= 4 is 50.6 Å². The molecule has 0 atom stereocenters. The summed E-state index contributed by atoms with van der Waals surface area (Å²) < 4.78 is 6.51. The number of nitrogens with zero attached hydrogens (tertiary/aromatic N) is 2. The lowest BCUT2D eigenvalue weighted by molar-refractivity contribution is 0.310. The van der Waals surface area contributed by atoms with Crippen molar-refractivity contribution < 1.29 is 4.74 Å². The molecule has 0 unspecified atom stereocenters. The molecule has 92 valence electrons. The maximum Gasteiger partial charge on any atom is 0.161 e. The molecule has 2 heterocycles. The average molecular weight is 347 g/mol. The van der Waals surface area contributed by atoms with Crippen molar-refractivity contribution in [2.75, 3.05) is 5.32 Å². The monoisotopic (exact) mass is 345 g/mol. The molecule has 0 bridgehead atoms. The first-order valence-corrected chi connectivity index (χ1v) is 6.58. The van der Waals surface area contributed by atoms with E-state index in [-0.39, 0.29) is 6.61 Å². The molecule has 0 spiro atoms. The lowest BCUT2D eigenvalue weighted by Gasteiger charge is -2.09. The first-order valence-electron chi connectivity index (χ1n) is 5.03. The van der Waals surface area contributed by atoms with Crippen LogP contribution in [0.5, 0.6) is 5.75 Å². The molecule has 1 aromatic heterocycles. The number of hydrogen-bond acceptors (Lipinski definition) is 4. The first-order chi connectivity index (χ1) is 8.65. The molecule has 3 rings (SSSR count). The fraction of sp³-hybridized carbons (Fsp3) is 0.0909. The van der Waals surface area contributed by atoms with Gasteiger partial charge in [0.2, 0.25) is 0 Å². The summed E-state index contributed by atoms with van der Waals surface area (Å²) in [5.74, 6) is 1.21. The van der Waals surface area contributed by atoms with Crippen LogP contribution < -0.4 is 10.1 Å². The Labute approximate surface area is 121 Å². The molecule has 7 heteroatoms. The van der Waals surface area contributed by atoms with E-state index in [1.165, 1.54) is 6.33 Å². The molecule has 1 aromatic carbocycles. The van der Waals surface area contributed by atoms with Gasteiger partial charge in [-0.1, -0.05) is 39.1 Å². The minimum Gasteiger partial charge on any atom is -0.485 e. The predicted molar refractivity (Wildman–Crippen MR) is 73.8 cm³/mol. The van der Waals surface area contributed by atoms with Crippen LogP contribution in [0.25, 0.3) is 0 Å². The van der Waals surface area contributed by atoms with Crippen molar-refractivity contribution in [1.29, 1.82) is 0 Å². The summed E-state index contributed by atoms with van der Waals surface area (Å²) in [5.41, 5.74) is 1.45. The predicted octanol–water partition coefficient (Wildman–Crippen LogP) is 4.18. The standard InChI is InChI=1S/C11H6BrCl2N3O/c12-5-1-7(13)9-8(2-5)17-11-6(3-18-9)10(14)15-4-16-11/h1-2,4H,3H2,(H,15,16,17). The molecule has 1 aliphatic rings. The summed E-state index contributed by atoms with van der Waals surface area (Å²) in [6.45, 7) is 0.274. The highest BCUT2D eigenvalue weighted by atomic mass is 79.9. The van der Waals surface area contributed by atoms with Gasteiger partial charge < -0.3 is 10.1 Å². The van der Waals surface area contributed by atoms with Gasteiger partial charge in [-0.2, -0.15) is 0 Å². The highest BCUT2D eigenvalue weighted by Crippen LogP contribution is 2.41. The van der Waals surface area contributed by atoms with Crippen LogP contribution in [0.1, 0.15) is 5.56 Å². The number of fused-ring (bicyclic) bond motifs is 2. The largest absolute Gasteiger partial charge is 0.485 e. The van der Waals surface area contributed by atoms with Gasteiger partial charge in [-0.05, 0) is 12.1 Å². The Hall–Kier alpha value is -1.04. The van der Waals surface area contributed by atoms with E-state index < -0.39 is 0 Å². The Bertz CT molecular complexity index is 636. The fourth-order valence-electron chi connectivity index (χ4n) is 1.70. The molecule has 1 N–H and O–H groups in total. The summed E-state index contributed by atoms with van der Waals surface area (Å²) in [4.78, 5) is 8.08. The van der Waals surface area contributed by atoms with E-state index in [1.54, 1.807) is 6.07 Å². The number of hydrogen-bond donors (Lipinski definition) is 1. The van der Waals surface area contributed by atoms with Crippen molar-refractivity contribution in [3.63, 3.8) is 0 Å². The molecular formula is C11H6BrCl2N3O. The molecule has 0 fully saturated rings. The molecule has 0 amide bonds. The summed E-state index contributed by atoms with van der Waals surface area (Å²) in [6, 6.07) is 3.64. The Kier molecular flexibility index (Phi) is 3.05. The maximum atomic E-state index is 6.14. The fourth-order valence-corrected chi connectivity index (χ4v) is 2.75. The summed E-state index contributed by atoms with van der Waals surface area (Å²) in [6.07, 6.45) is 1.40. The lowest BCUT2D eigenvalue weighted by Crippen LogP contribution is -1.99. The molecule has 0 aliphatic carbocycles. The van der Waals surface area contributed by atoms with Gasteiger partial charge in [0.25, 0.3) is 0 Å². The van der Waals surface area contributed by atoms with Gasteiger partial charge >= 0.3 is 0 Å². The van der Waals surface area contributed by atoms with E-state index >= 15 is 0 Å². The topological polar surface area (TPSA) is 47.0 Å². The van der Waals surface area contributed by atoms with Crippen LogP contribution in [0, 0.1) is 0 Å². The van der Waals surface area contributed by atoms with Crippen molar-refractivity contribution in [2.24, 2.45) is 0 Å². The number of benzene rings is 1. The van der Waals surface area contributed by atoms with E-state index in [1.807, 2.05) is 6.07 Å². The second kappa shape index (κ2) is 4.57. The van der Waals surface area contributed by atoms with E-state index in [2.05, 4.69) is 31.2 Å². The zero-order valence-corrected chi connectivity index (χ0v) is 12.0. The van der Waals surface area contributed by atoms with Crippen molar-refractivity contribution in [2.45, 2.75) is 6.61 Å². The Balaban J connectivity index is 2.15. The highest BCUT2D eigenvalue weighted by Gasteiger charge is 2.20. The Morgan fingerprint density at radius 3 is 2.94 bits per heavy atom. The van der Waals surface area contributed by atoms with Gasteiger partial charge in [-0.25, -0.2) is 9.97 Å². The van der Waals surface area contributed by atoms with E-state index in [0.717, 1.165) is 10.2 Å². The van der Waals surface area contributed by atoms with Crippen molar-refractivity contribution in [3.05, 3.63) is 38.7 Å². The van der Waals surface area contributed by atoms with Gasteiger partial charge in [0.05, 0.1) is 16.3 Å². The second-order valence-corrected chi connectivity index (χ2v) is 5.35. The van der Waals surface area contributed by atoms with Crippen LogP contribution in [0.2, 0.25) is 10.2 Å². The second-order valence-electron chi connectivity index (χ2n) is 3.67. The number of ether oxygens (including phenoxy) is 1. The lowest BCUT2D eigenvalue weighted by atomic mass is 10.3. The normalized spacial score (nSPS) is 12.8. The number of anilines is 2. The maximum absolute atomic E-state index is 6.14. The van der Waals surface area contributed by atoms with E-state index in [9.17, 15) is 0 Å². The first kappa shape index (κ1) is 12.0. The van der Waals surface area contributed by atoms with Gasteiger partial charge in [0, 0.05) is 4.47 Å². The van der Waals surface area contributed by atoms with E-state index in [0.29, 0.717) is 27.3 Å². The van der Waals surface area contributed by atoms with Gasteiger partial charge in [0.15, 0.2) is 5.75 Å². The molecule has 18 heavy (non-hydrogen) atoms. The average Bonchev–Trinajstić information content (AvgIpc) is 2.48. The van der Waals surface area contributed by atoms with Crippen LogP contribution in [-0.4, -0.2) is 9.97 Å². The Morgan fingerprint density at radius 2 is 2.11 bits per heavy atom. The van der Waals surface area contributed by atoms with Crippen LogP contribution in [0.15, 0.2) is 22.9 Å². The highest BCUT2D eigenvalue weighted by molar-refractivity contribution is 9.10. The Morgan fingerprint density at radius 1 is 1.28 bits per heavy atom. The zero-order chi connectivity index (χ0) is 12.7. The summed E-state index contributed by atoms with van der Waals surface area (Å²) >= 11 is 15.5. The minimum atomic E-state index is 0.274. The molecule has 4 nitrogen and oxygen atoms in total. The minimum absolute atomic E-state index is 0.274. The van der Waals surface area contributed by atoms with Gasteiger partial charge in [-0.15, -0.1) is 0 Å². The molecule has 2 aromatic rings. The smallest absolute Gasteiger partial charge is 0.161 e. The molecule has 0 saturated heterocycles. The molecular weight excluding hydrogens is 341 g/mol. The third kappa shape index (κ3) is 2.02. The number of nitrogens with one attached hydrogen (secondary N) is 1. The van der Waals surface area contributed by atoms with Crippen molar-refractivity contribution in [1.82, 2.24) is 9.97 Å². The molecule has 1 aliphatic heterocycles. The van der Waals surface area contributed by atoms with Crippen molar-refractivity contribution in [3.8, 4) is 5.75 Å². The summed E-state index contributed by atoms with van der Waals surface area (Å²) in [7, 11) is 0. The quantitative estimate of drug-likeness (QED) is 0.727. The van der Waals surface area contributed by atoms with Gasteiger partial charge in [0.1, 0.15) is 23.9 Å². The van der Waals surface area contributed by atoms with Crippen LogP contribution in [-0.2, 0) is 6.61 Å². The van der Waals surface area contributed by atoms with Crippen LogP contribution in [0.4, 0.5) is 11.5 Å². The third-order valence-electron chi connectivity index (χ3n) is 2.52. The van der Waals surface area contributed by atoms with Crippen LogP contribution in [0.3, 0.4) is 0 Å². The molecule has 0 saturated carbocycles. The third-order valence-corrected chi connectivity index (χ3v) is 3.58. The molecule has 0 radical (unpaired) electrons. The SMILES string of the molecule is Clc1cc(Br)cc2c1OCc1c(Cl)ncnc1N2. The zero-order valence-electron chi connectivity index (χ0n) is 8.88. The van der Waals surface area contributed by atoms with E-state index in [4.69, 9.17) is 27.9 Å². The summed E-state index contributed by atoms with van der Waals surface area (Å²) in [5, 5.41) is 4.04. The number of aromatic nitrogens is 2. The van der Waals surface area contributed by atoms with Crippen LogP contribution >= 0.6 is 39.1 Å². The van der Waals surface area contributed by atoms with Gasteiger partial charge in [-0.3, -0.25) is 0 Å². The number of halogens is 3.